The van der Waals surface area contributed by atoms with Gasteiger partial charge in [-0.3, -0.25) is 0 Å². The highest BCUT2D eigenvalue weighted by molar-refractivity contribution is 5.82. The summed E-state index contributed by atoms with van der Waals surface area (Å²) in [7, 11) is 0. The molecule has 1 saturated heterocycles. The number of ether oxygens (including phenoxy) is 3. The Labute approximate surface area is 148 Å². The number of esters is 1. The molecule has 0 saturated carbocycles. The molecule has 1 fully saturated rings. The molecule has 146 valence electrons. The Balaban J connectivity index is 2.41. The lowest BCUT2D eigenvalue weighted by Gasteiger charge is -2.40. The molecule has 1 heterocycles. The molecule has 0 aromatic carbocycles. The molecule has 1 aliphatic heterocycles. The molecule has 0 spiro atoms. The van der Waals surface area contributed by atoms with Gasteiger partial charge in [0.2, 0.25) is 0 Å². The summed E-state index contributed by atoms with van der Waals surface area (Å²) in [4.78, 5) is 11.5. The monoisotopic (exact) mass is 362 g/mol. The molecule has 3 unspecified atom stereocenters. The number of hydrogen-bond donors (Lipinski definition) is 4. The molecule has 8 heteroatoms. The summed E-state index contributed by atoms with van der Waals surface area (Å²) in [5.74, 6) is -0.421. The average Bonchev–Trinajstić information content (AvgIpc) is 2.50. The van der Waals surface area contributed by atoms with E-state index in [1.807, 2.05) is 0 Å². The summed E-state index contributed by atoms with van der Waals surface area (Å²) in [5.41, 5.74) is -0.541. The lowest BCUT2D eigenvalue weighted by atomic mass is 9.99. The van der Waals surface area contributed by atoms with E-state index >= 15 is 0 Å². The van der Waals surface area contributed by atoms with Crippen LogP contribution in [-0.4, -0.2) is 75.4 Å². The zero-order chi connectivity index (χ0) is 19.2. The average molecular weight is 362 g/mol. The van der Waals surface area contributed by atoms with Crippen LogP contribution in [0.3, 0.4) is 0 Å². The predicted octanol–water partition coefficient (Wildman–Crippen LogP) is -0.131. The minimum Gasteiger partial charge on any atom is -0.457 e. The van der Waals surface area contributed by atoms with Crippen LogP contribution in [0.1, 0.15) is 40.5 Å². The Morgan fingerprint density at radius 3 is 2.40 bits per heavy atom. The fraction of sp³-hybridized carbons (Fsp3) is 0.824. The van der Waals surface area contributed by atoms with E-state index in [0.717, 1.165) is 0 Å². The first-order valence-electron chi connectivity index (χ1n) is 8.40. The van der Waals surface area contributed by atoms with Gasteiger partial charge in [0.25, 0.3) is 0 Å². The maximum absolute atomic E-state index is 11.5. The number of allylic oxidation sites excluding steroid dienone is 1. The molecule has 4 N–H and O–H groups in total. The first-order valence-corrected chi connectivity index (χ1v) is 8.40. The Morgan fingerprint density at radius 1 is 1.20 bits per heavy atom. The van der Waals surface area contributed by atoms with Crippen LogP contribution in [0.15, 0.2) is 12.2 Å². The topological polar surface area (TPSA) is 126 Å². The van der Waals surface area contributed by atoms with E-state index in [2.05, 4.69) is 0 Å². The summed E-state index contributed by atoms with van der Waals surface area (Å²) < 4.78 is 16.0. The van der Waals surface area contributed by atoms with Crippen molar-refractivity contribution in [3.63, 3.8) is 0 Å². The van der Waals surface area contributed by atoms with E-state index in [1.165, 1.54) is 6.08 Å². The Morgan fingerprint density at radius 2 is 1.84 bits per heavy atom. The summed E-state index contributed by atoms with van der Waals surface area (Å²) in [5, 5.41) is 38.5. The van der Waals surface area contributed by atoms with Crippen LogP contribution >= 0.6 is 0 Å². The number of rotatable bonds is 7. The third-order valence-corrected chi connectivity index (χ3v) is 3.62. The highest BCUT2D eigenvalue weighted by Crippen LogP contribution is 2.23. The van der Waals surface area contributed by atoms with E-state index in [4.69, 9.17) is 19.3 Å². The van der Waals surface area contributed by atoms with Gasteiger partial charge in [-0.2, -0.15) is 0 Å². The molecule has 0 amide bonds. The summed E-state index contributed by atoms with van der Waals surface area (Å²) in [6.07, 6.45) is -2.69. The lowest BCUT2D eigenvalue weighted by molar-refractivity contribution is -0.310. The molecule has 6 atom stereocenters. The number of carbonyl (C=O) groups excluding carboxylic acids is 1. The highest BCUT2D eigenvalue weighted by Gasteiger charge is 2.44. The van der Waals surface area contributed by atoms with Crippen molar-refractivity contribution in [2.24, 2.45) is 0 Å². The molecule has 0 aromatic rings. The van der Waals surface area contributed by atoms with Gasteiger partial charge in [0.15, 0.2) is 6.29 Å². The largest absolute Gasteiger partial charge is 0.457 e. The zero-order valence-electron chi connectivity index (χ0n) is 15.2. The molecule has 1 aliphatic rings. The molecule has 25 heavy (non-hydrogen) atoms. The second kappa shape index (κ2) is 9.61. The molecular weight excluding hydrogens is 332 g/mol. The van der Waals surface area contributed by atoms with Crippen molar-refractivity contribution < 1.29 is 39.4 Å². The van der Waals surface area contributed by atoms with Crippen LogP contribution in [0.5, 0.6) is 0 Å². The Hall–Kier alpha value is -1.03. The molecular formula is C17H30O8. The van der Waals surface area contributed by atoms with Crippen molar-refractivity contribution in [1.82, 2.24) is 0 Å². The van der Waals surface area contributed by atoms with Gasteiger partial charge in [-0.1, -0.05) is 6.08 Å². The van der Waals surface area contributed by atoms with Gasteiger partial charge in [0.1, 0.15) is 30.0 Å². The third kappa shape index (κ3) is 7.39. The summed E-state index contributed by atoms with van der Waals surface area (Å²) in [6.45, 7) is 6.61. The quantitative estimate of drug-likeness (QED) is 0.364. The van der Waals surface area contributed by atoms with Gasteiger partial charge in [-0.25, -0.2) is 4.79 Å². The molecule has 8 nitrogen and oxygen atoms in total. The third-order valence-electron chi connectivity index (χ3n) is 3.62. The number of carbonyl (C=O) groups is 1. The standard InChI is InChI=1S/C17H30O8/c1-10(7-5-6-8-12(19)25-17(2,3)4)23-16-15(22)14(21)13(20)11(9-18)24-16/h6,8,10-11,13-16,18,20-22H,5,7,9H2,1-4H3/b8-6+/t10?,11?,13-,14?,15+,16-/m1/s1. The van der Waals surface area contributed by atoms with Gasteiger partial charge in [0, 0.05) is 6.08 Å². The Kier molecular flexibility index (Phi) is 8.46. The van der Waals surface area contributed by atoms with E-state index in [-0.39, 0.29) is 6.10 Å². The van der Waals surface area contributed by atoms with Gasteiger partial charge in [-0.05, 0) is 40.5 Å². The van der Waals surface area contributed by atoms with Crippen LogP contribution in [-0.2, 0) is 19.0 Å². The van der Waals surface area contributed by atoms with Crippen molar-refractivity contribution in [3.05, 3.63) is 12.2 Å². The Bertz CT molecular complexity index is 442. The fourth-order valence-electron chi connectivity index (χ4n) is 2.32. The zero-order valence-corrected chi connectivity index (χ0v) is 15.2. The van der Waals surface area contributed by atoms with E-state index in [1.54, 1.807) is 33.8 Å². The second-order valence-electron chi connectivity index (χ2n) is 7.16. The minimum absolute atomic E-state index is 0.343. The first-order chi connectivity index (χ1) is 11.5. The summed E-state index contributed by atoms with van der Waals surface area (Å²) in [6, 6.07) is 0. The predicted molar refractivity (Wildman–Crippen MR) is 88.5 cm³/mol. The van der Waals surface area contributed by atoms with Crippen LogP contribution in [0, 0.1) is 0 Å². The normalized spacial score (nSPS) is 31.9. The second-order valence-corrected chi connectivity index (χ2v) is 7.16. The summed E-state index contributed by atoms with van der Waals surface area (Å²) >= 11 is 0. The van der Waals surface area contributed by atoms with Crippen LogP contribution in [0.4, 0.5) is 0 Å². The van der Waals surface area contributed by atoms with Gasteiger partial charge >= 0.3 is 5.97 Å². The van der Waals surface area contributed by atoms with Crippen molar-refractivity contribution >= 4 is 5.97 Å². The van der Waals surface area contributed by atoms with E-state index in [9.17, 15) is 20.1 Å². The number of aliphatic hydroxyl groups excluding tert-OH is 4. The van der Waals surface area contributed by atoms with Crippen LogP contribution in [0.25, 0.3) is 0 Å². The van der Waals surface area contributed by atoms with Gasteiger partial charge in [0.05, 0.1) is 12.7 Å². The highest BCUT2D eigenvalue weighted by atomic mass is 16.7. The SMILES string of the molecule is CC(CC/C=C/C(=O)OC(C)(C)C)O[C@@H]1OC(CO)[C@@H](O)C(O)[C@@H]1O. The van der Waals surface area contributed by atoms with Gasteiger partial charge in [-0.15, -0.1) is 0 Å². The first kappa shape index (κ1) is 22.0. The molecule has 1 rings (SSSR count). The minimum atomic E-state index is -1.46. The van der Waals surface area contributed by atoms with Crippen LogP contribution in [0.2, 0.25) is 0 Å². The van der Waals surface area contributed by atoms with E-state index < -0.39 is 48.9 Å². The molecule has 0 bridgehead atoms. The van der Waals surface area contributed by atoms with Gasteiger partial charge < -0.3 is 34.6 Å². The van der Waals surface area contributed by atoms with Crippen molar-refractivity contribution in [2.75, 3.05) is 6.61 Å². The molecule has 0 aromatic heterocycles. The van der Waals surface area contributed by atoms with Crippen molar-refractivity contribution in [3.8, 4) is 0 Å². The van der Waals surface area contributed by atoms with Crippen molar-refractivity contribution in [2.45, 2.75) is 82.9 Å². The van der Waals surface area contributed by atoms with E-state index in [0.29, 0.717) is 12.8 Å². The maximum atomic E-state index is 11.5. The van der Waals surface area contributed by atoms with Crippen molar-refractivity contribution in [1.29, 1.82) is 0 Å². The smallest absolute Gasteiger partial charge is 0.330 e. The number of aliphatic hydroxyl groups is 4. The fourth-order valence-corrected chi connectivity index (χ4v) is 2.32. The molecule has 0 radical (unpaired) electrons. The van der Waals surface area contributed by atoms with Crippen LogP contribution < -0.4 is 0 Å². The molecule has 0 aliphatic carbocycles. The maximum Gasteiger partial charge on any atom is 0.330 e. The lowest BCUT2D eigenvalue weighted by Crippen LogP contribution is -2.59. The number of hydrogen-bond acceptors (Lipinski definition) is 8.